The van der Waals surface area contributed by atoms with Crippen LogP contribution in [0.1, 0.15) is 21.1 Å². The SMILES string of the molecule is C=CCn1c(COc2ccc(F)cc2Cl)nnc1SCC(=O)Nc1sc(C)c(-c2ccccc2)c1C(=O)OC. The van der Waals surface area contributed by atoms with Crippen molar-refractivity contribution in [3.05, 3.63) is 88.3 Å². The largest absolute Gasteiger partial charge is 0.484 e. The lowest BCUT2D eigenvalue weighted by Gasteiger charge is -2.10. The first kappa shape index (κ1) is 28.3. The van der Waals surface area contributed by atoms with Crippen LogP contribution in [-0.2, 0) is 22.7 Å². The van der Waals surface area contributed by atoms with E-state index in [1.165, 1.54) is 42.3 Å². The Morgan fingerprint density at radius 3 is 2.69 bits per heavy atom. The lowest BCUT2D eigenvalue weighted by molar-refractivity contribution is -0.113. The number of carbonyl (C=O) groups excluding carboxylic acids is 2. The quantitative estimate of drug-likeness (QED) is 0.124. The summed E-state index contributed by atoms with van der Waals surface area (Å²) in [6, 6.07) is 13.3. The molecule has 4 rings (SSSR count). The van der Waals surface area contributed by atoms with Crippen molar-refractivity contribution >= 4 is 51.6 Å². The van der Waals surface area contributed by atoms with E-state index in [2.05, 4.69) is 22.1 Å². The van der Waals surface area contributed by atoms with Crippen molar-refractivity contribution in [1.29, 1.82) is 0 Å². The highest BCUT2D eigenvalue weighted by Gasteiger charge is 2.25. The molecule has 8 nitrogen and oxygen atoms in total. The van der Waals surface area contributed by atoms with Gasteiger partial charge in [0.1, 0.15) is 28.7 Å². The number of aryl methyl sites for hydroxylation is 1. The van der Waals surface area contributed by atoms with E-state index in [4.69, 9.17) is 21.1 Å². The third-order valence-corrected chi connectivity index (χ3v) is 7.76. The van der Waals surface area contributed by atoms with E-state index in [1.807, 2.05) is 37.3 Å². The van der Waals surface area contributed by atoms with Crippen LogP contribution in [0, 0.1) is 12.7 Å². The normalized spacial score (nSPS) is 10.8. The van der Waals surface area contributed by atoms with Crippen molar-refractivity contribution in [2.24, 2.45) is 0 Å². The maximum atomic E-state index is 13.3. The highest BCUT2D eigenvalue weighted by Crippen LogP contribution is 2.40. The second-order valence-corrected chi connectivity index (χ2v) is 10.7. The van der Waals surface area contributed by atoms with E-state index in [1.54, 1.807) is 10.6 Å². The lowest BCUT2D eigenvalue weighted by atomic mass is 10.0. The van der Waals surface area contributed by atoms with E-state index < -0.39 is 11.8 Å². The first-order chi connectivity index (χ1) is 18.8. The van der Waals surface area contributed by atoms with Gasteiger partial charge in [-0.25, -0.2) is 9.18 Å². The van der Waals surface area contributed by atoms with E-state index in [0.717, 1.165) is 22.1 Å². The Morgan fingerprint density at radius 2 is 2.00 bits per heavy atom. The number of rotatable bonds is 11. The molecule has 0 unspecified atom stereocenters. The Bertz CT molecular complexity index is 1510. The molecule has 4 aromatic rings. The molecule has 2 aromatic carbocycles. The second-order valence-electron chi connectivity index (χ2n) is 8.09. The minimum absolute atomic E-state index is 0.0121. The number of halogens is 2. The van der Waals surface area contributed by atoms with Gasteiger partial charge < -0.3 is 14.8 Å². The number of aromatic nitrogens is 3. The van der Waals surface area contributed by atoms with Crippen LogP contribution in [0.2, 0.25) is 5.02 Å². The van der Waals surface area contributed by atoms with Gasteiger partial charge in [0.25, 0.3) is 0 Å². The number of hydrogen-bond donors (Lipinski definition) is 1. The minimum Gasteiger partial charge on any atom is -0.484 e. The average molecular weight is 587 g/mol. The van der Waals surface area contributed by atoms with Crippen molar-refractivity contribution in [3.8, 4) is 16.9 Å². The first-order valence-electron chi connectivity index (χ1n) is 11.6. The Labute approximate surface area is 237 Å². The fourth-order valence-electron chi connectivity index (χ4n) is 3.75. The molecule has 0 aliphatic carbocycles. The lowest BCUT2D eigenvalue weighted by Crippen LogP contribution is -2.16. The molecule has 0 radical (unpaired) electrons. The summed E-state index contributed by atoms with van der Waals surface area (Å²) < 4.78 is 25.8. The number of ether oxygens (including phenoxy) is 2. The zero-order valence-corrected chi connectivity index (χ0v) is 23.5. The van der Waals surface area contributed by atoms with Crippen LogP contribution in [0.3, 0.4) is 0 Å². The van der Waals surface area contributed by atoms with Crippen LogP contribution >= 0.6 is 34.7 Å². The number of methoxy groups -OCH3 is 1. The van der Waals surface area contributed by atoms with Crippen LogP contribution in [0.15, 0.2) is 66.3 Å². The first-order valence-corrected chi connectivity index (χ1v) is 13.8. The molecule has 1 N–H and O–H groups in total. The van der Waals surface area contributed by atoms with Crippen molar-refractivity contribution in [2.75, 3.05) is 18.2 Å². The predicted octanol–water partition coefficient (Wildman–Crippen LogP) is 6.39. The number of thiophene rings is 1. The number of nitrogens with zero attached hydrogens (tertiary/aromatic N) is 3. The van der Waals surface area contributed by atoms with Crippen LogP contribution in [0.4, 0.5) is 9.39 Å². The standard InChI is InChI=1S/C27H24ClFN4O4S2/c1-4-12-33-21(14-37-20-11-10-18(29)13-19(20)28)31-32-27(33)38-15-22(34)30-25-24(26(35)36-3)23(16(2)39-25)17-8-6-5-7-9-17/h4-11,13H,1,12,14-15H2,2-3H3,(H,30,34). The highest BCUT2D eigenvalue weighted by atomic mass is 35.5. The number of allylic oxidation sites excluding steroid dienone is 1. The summed E-state index contributed by atoms with van der Waals surface area (Å²) >= 11 is 8.53. The van der Waals surface area contributed by atoms with Crippen molar-refractivity contribution in [1.82, 2.24) is 14.8 Å². The molecule has 202 valence electrons. The number of esters is 1. The average Bonchev–Trinajstić information content (AvgIpc) is 3.46. The van der Waals surface area contributed by atoms with Gasteiger partial charge in [0, 0.05) is 17.0 Å². The fraction of sp³-hybridized carbons (Fsp3) is 0.185. The van der Waals surface area contributed by atoms with Gasteiger partial charge in [0.05, 0.1) is 17.9 Å². The maximum Gasteiger partial charge on any atom is 0.341 e. The summed E-state index contributed by atoms with van der Waals surface area (Å²) in [7, 11) is 1.31. The molecular formula is C27H24ClFN4O4S2. The fourth-order valence-corrected chi connectivity index (χ4v) is 5.82. The van der Waals surface area contributed by atoms with Crippen LogP contribution in [-0.4, -0.2) is 39.5 Å². The molecule has 2 heterocycles. The Balaban J connectivity index is 1.47. The van der Waals surface area contributed by atoms with Gasteiger partial charge in [0.15, 0.2) is 11.0 Å². The van der Waals surface area contributed by atoms with Gasteiger partial charge in [-0.15, -0.1) is 28.1 Å². The molecule has 0 saturated carbocycles. The summed E-state index contributed by atoms with van der Waals surface area (Å²) in [5.41, 5.74) is 1.90. The molecule has 0 spiro atoms. The van der Waals surface area contributed by atoms with Gasteiger partial charge in [-0.3, -0.25) is 9.36 Å². The van der Waals surface area contributed by atoms with Gasteiger partial charge in [-0.2, -0.15) is 0 Å². The van der Waals surface area contributed by atoms with Crippen LogP contribution in [0.5, 0.6) is 5.75 Å². The summed E-state index contributed by atoms with van der Waals surface area (Å²) in [6.45, 7) is 6.07. The summed E-state index contributed by atoms with van der Waals surface area (Å²) in [4.78, 5) is 26.5. The molecule has 39 heavy (non-hydrogen) atoms. The predicted molar refractivity (Wildman–Crippen MR) is 151 cm³/mol. The number of amides is 1. The number of nitrogens with one attached hydrogen (secondary N) is 1. The molecule has 0 fully saturated rings. The Morgan fingerprint density at radius 1 is 1.23 bits per heavy atom. The molecule has 0 atom stereocenters. The molecule has 2 aromatic heterocycles. The third kappa shape index (κ3) is 6.67. The summed E-state index contributed by atoms with van der Waals surface area (Å²) in [6.07, 6.45) is 1.67. The zero-order chi connectivity index (χ0) is 27.9. The minimum atomic E-state index is -0.530. The zero-order valence-electron chi connectivity index (χ0n) is 21.1. The molecule has 0 bridgehead atoms. The van der Waals surface area contributed by atoms with E-state index in [0.29, 0.717) is 33.8 Å². The molecule has 0 aliphatic rings. The van der Waals surface area contributed by atoms with Crippen molar-refractivity contribution in [2.45, 2.75) is 25.2 Å². The van der Waals surface area contributed by atoms with E-state index in [9.17, 15) is 14.0 Å². The summed E-state index contributed by atoms with van der Waals surface area (Å²) in [5, 5.41) is 12.2. The van der Waals surface area contributed by atoms with E-state index in [-0.39, 0.29) is 23.3 Å². The van der Waals surface area contributed by atoms with Gasteiger partial charge >= 0.3 is 5.97 Å². The number of hydrogen-bond acceptors (Lipinski definition) is 8. The van der Waals surface area contributed by atoms with Crippen LogP contribution < -0.4 is 10.1 Å². The van der Waals surface area contributed by atoms with Gasteiger partial charge in [-0.05, 0) is 30.7 Å². The second kappa shape index (κ2) is 12.9. The number of carbonyl (C=O) groups is 2. The van der Waals surface area contributed by atoms with Gasteiger partial charge in [-0.1, -0.05) is 59.8 Å². The molecule has 0 aliphatic heterocycles. The van der Waals surface area contributed by atoms with Crippen LogP contribution in [0.25, 0.3) is 11.1 Å². The van der Waals surface area contributed by atoms with Crippen molar-refractivity contribution < 1.29 is 23.5 Å². The number of anilines is 1. The molecular weight excluding hydrogens is 563 g/mol. The van der Waals surface area contributed by atoms with E-state index >= 15 is 0 Å². The smallest absolute Gasteiger partial charge is 0.341 e. The van der Waals surface area contributed by atoms with Crippen molar-refractivity contribution in [3.63, 3.8) is 0 Å². The van der Waals surface area contributed by atoms with Gasteiger partial charge in [0.2, 0.25) is 5.91 Å². The highest BCUT2D eigenvalue weighted by molar-refractivity contribution is 7.99. The summed E-state index contributed by atoms with van der Waals surface area (Å²) in [5.74, 6) is -0.521. The molecule has 0 saturated heterocycles. The third-order valence-electron chi connectivity index (χ3n) is 5.48. The monoisotopic (exact) mass is 586 g/mol. The molecule has 12 heteroatoms. The maximum absolute atomic E-state index is 13.3. The number of benzene rings is 2. The Hall–Kier alpha value is -3.67. The Kier molecular flexibility index (Phi) is 9.39. The topological polar surface area (TPSA) is 95.3 Å². The number of thioether (sulfide) groups is 1. The molecule has 1 amide bonds.